The summed E-state index contributed by atoms with van der Waals surface area (Å²) in [6, 6.07) is 1.98. The Bertz CT molecular complexity index is 538. The molecule has 102 valence electrons. The maximum Gasteiger partial charge on any atom is 0.317 e. The summed E-state index contributed by atoms with van der Waals surface area (Å²) in [5.74, 6) is -0.442. The van der Waals surface area contributed by atoms with Crippen LogP contribution in [-0.2, 0) is 4.79 Å². The van der Waals surface area contributed by atoms with E-state index in [0.29, 0.717) is 12.1 Å². The first-order chi connectivity index (χ1) is 9.44. The lowest BCUT2D eigenvalue weighted by molar-refractivity contribution is -0.145. The molecule has 1 aromatic rings. The lowest BCUT2D eigenvalue weighted by Gasteiger charge is -2.31. The van der Waals surface area contributed by atoms with E-state index in [1.807, 2.05) is 6.07 Å². The van der Waals surface area contributed by atoms with E-state index < -0.39 is 5.60 Å². The number of likely N-dealkylation sites (tertiary alicyclic amines) is 1. The molecule has 1 fully saturated rings. The predicted molar refractivity (Wildman–Crippen MR) is 71.9 cm³/mol. The fourth-order valence-corrected chi connectivity index (χ4v) is 2.09. The largest absolute Gasteiger partial charge is 0.447 e. The van der Waals surface area contributed by atoms with Crippen molar-refractivity contribution in [2.24, 2.45) is 0 Å². The SMILES string of the molecule is [B][C@H]1CCCN1C(=O)C(C)(C)Oc1ncc(C#N)cn1. The molecule has 0 N–H and O–H groups in total. The highest BCUT2D eigenvalue weighted by atomic mass is 16.5. The molecule has 1 aliphatic rings. The van der Waals surface area contributed by atoms with Gasteiger partial charge in [0.05, 0.1) is 25.8 Å². The summed E-state index contributed by atoms with van der Waals surface area (Å²) >= 11 is 0. The number of amides is 1. The van der Waals surface area contributed by atoms with Gasteiger partial charge >= 0.3 is 6.01 Å². The van der Waals surface area contributed by atoms with Gasteiger partial charge in [0.1, 0.15) is 6.07 Å². The Hall–Kier alpha value is -2.10. The van der Waals surface area contributed by atoms with Crippen molar-refractivity contribution < 1.29 is 9.53 Å². The number of carbonyl (C=O) groups excluding carboxylic acids is 1. The van der Waals surface area contributed by atoms with Crippen molar-refractivity contribution >= 4 is 13.8 Å². The molecule has 0 spiro atoms. The number of rotatable bonds is 3. The lowest BCUT2D eigenvalue weighted by atomic mass is 9.93. The van der Waals surface area contributed by atoms with Gasteiger partial charge in [0, 0.05) is 6.54 Å². The molecule has 2 heterocycles. The van der Waals surface area contributed by atoms with Crippen molar-refractivity contribution in [3.63, 3.8) is 0 Å². The molecule has 0 unspecified atom stereocenters. The third-order valence-electron chi connectivity index (χ3n) is 3.18. The molecule has 1 aromatic heterocycles. The Kier molecular flexibility index (Phi) is 3.93. The summed E-state index contributed by atoms with van der Waals surface area (Å²) in [5.41, 5.74) is -0.765. The maximum absolute atomic E-state index is 12.4. The predicted octanol–water partition coefficient (Wildman–Crippen LogP) is 0.623. The van der Waals surface area contributed by atoms with Crippen molar-refractivity contribution in [3.05, 3.63) is 18.0 Å². The number of aromatic nitrogens is 2. The van der Waals surface area contributed by atoms with E-state index >= 15 is 0 Å². The number of hydrogen-bond donors (Lipinski definition) is 0. The van der Waals surface area contributed by atoms with Crippen molar-refractivity contribution in [1.82, 2.24) is 14.9 Å². The number of ether oxygens (including phenoxy) is 1. The van der Waals surface area contributed by atoms with Crippen LogP contribution in [0.2, 0.25) is 0 Å². The van der Waals surface area contributed by atoms with Crippen molar-refractivity contribution in [3.8, 4) is 12.1 Å². The van der Waals surface area contributed by atoms with Gasteiger partial charge in [-0.1, -0.05) is 0 Å². The molecule has 0 saturated carbocycles. The summed E-state index contributed by atoms with van der Waals surface area (Å²) in [6.07, 6.45) is 4.40. The summed E-state index contributed by atoms with van der Waals surface area (Å²) in [6.45, 7) is 3.95. The van der Waals surface area contributed by atoms with Gasteiger partial charge in [-0.05, 0) is 32.6 Å². The van der Waals surface area contributed by atoms with Gasteiger partial charge in [-0.3, -0.25) is 4.79 Å². The van der Waals surface area contributed by atoms with E-state index in [0.717, 1.165) is 12.8 Å². The van der Waals surface area contributed by atoms with Crippen LogP contribution in [0.3, 0.4) is 0 Å². The van der Waals surface area contributed by atoms with Crippen LogP contribution in [-0.4, -0.2) is 46.7 Å². The zero-order chi connectivity index (χ0) is 14.8. The van der Waals surface area contributed by atoms with Gasteiger partial charge < -0.3 is 9.64 Å². The van der Waals surface area contributed by atoms with Crippen molar-refractivity contribution in [1.29, 1.82) is 5.26 Å². The van der Waals surface area contributed by atoms with Gasteiger partial charge in [-0.25, -0.2) is 9.97 Å². The summed E-state index contributed by atoms with van der Waals surface area (Å²) in [5, 5.41) is 8.68. The number of nitrogens with zero attached hydrogens (tertiary/aromatic N) is 4. The molecule has 1 atom stereocenters. The Balaban J connectivity index is 2.09. The fraction of sp³-hybridized carbons (Fsp3) is 0.538. The molecule has 2 radical (unpaired) electrons. The molecule has 20 heavy (non-hydrogen) atoms. The molecule has 0 aromatic carbocycles. The third-order valence-corrected chi connectivity index (χ3v) is 3.18. The van der Waals surface area contributed by atoms with Gasteiger partial charge in [0.15, 0.2) is 5.60 Å². The molecule has 0 aliphatic carbocycles. The highest BCUT2D eigenvalue weighted by molar-refractivity contribution is 6.13. The molecular formula is C13H15BN4O2. The molecule has 1 aliphatic heterocycles. The Morgan fingerprint density at radius 2 is 2.20 bits per heavy atom. The zero-order valence-electron chi connectivity index (χ0n) is 11.5. The highest BCUT2D eigenvalue weighted by Crippen LogP contribution is 2.22. The number of hydrogen-bond acceptors (Lipinski definition) is 5. The van der Waals surface area contributed by atoms with Gasteiger partial charge in [-0.15, -0.1) is 0 Å². The first-order valence-electron chi connectivity index (χ1n) is 6.42. The van der Waals surface area contributed by atoms with Crippen LogP contribution >= 0.6 is 0 Å². The van der Waals surface area contributed by atoms with Crippen LogP contribution in [0.25, 0.3) is 0 Å². The Labute approximate surface area is 119 Å². The summed E-state index contributed by atoms with van der Waals surface area (Å²) in [4.78, 5) is 21.8. The normalized spacial score (nSPS) is 18.6. The molecular weight excluding hydrogens is 255 g/mol. The third kappa shape index (κ3) is 2.90. The smallest absolute Gasteiger partial charge is 0.317 e. The van der Waals surface area contributed by atoms with E-state index in [9.17, 15) is 4.79 Å². The Morgan fingerprint density at radius 3 is 2.70 bits per heavy atom. The molecule has 0 bridgehead atoms. The molecule has 2 rings (SSSR count). The average Bonchev–Trinajstić information content (AvgIpc) is 2.84. The van der Waals surface area contributed by atoms with Crippen LogP contribution in [0.15, 0.2) is 12.4 Å². The zero-order valence-corrected chi connectivity index (χ0v) is 11.5. The summed E-state index contributed by atoms with van der Waals surface area (Å²) < 4.78 is 5.55. The average molecular weight is 270 g/mol. The van der Waals surface area contributed by atoms with Crippen LogP contribution in [0.5, 0.6) is 6.01 Å². The van der Waals surface area contributed by atoms with Crippen LogP contribution in [0.4, 0.5) is 0 Å². The monoisotopic (exact) mass is 270 g/mol. The fourth-order valence-electron chi connectivity index (χ4n) is 2.09. The molecule has 1 amide bonds. The van der Waals surface area contributed by atoms with Gasteiger partial charge in [-0.2, -0.15) is 5.26 Å². The second-order valence-electron chi connectivity index (χ2n) is 5.19. The van der Waals surface area contributed by atoms with Crippen LogP contribution in [0.1, 0.15) is 32.3 Å². The van der Waals surface area contributed by atoms with E-state index in [1.165, 1.54) is 12.4 Å². The number of nitriles is 1. The minimum Gasteiger partial charge on any atom is -0.447 e. The Morgan fingerprint density at radius 1 is 1.55 bits per heavy atom. The topological polar surface area (TPSA) is 79.1 Å². The van der Waals surface area contributed by atoms with E-state index in [-0.39, 0.29) is 17.9 Å². The van der Waals surface area contributed by atoms with E-state index in [2.05, 4.69) is 9.97 Å². The van der Waals surface area contributed by atoms with E-state index in [4.69, 9.17) is 17.8 Å². The quantitative estimate of drug-likeness (QED) is 0.752. The first-order valence-corrected chi connectivity index (χ1v) is 6.42. The second-order valence-corrected chi connectivity index (χ2v) is 5.19. The maximum atomic E-state index is 12.4. The number of carbonyl (C=O) groups is 1. The second kappa shape index (κ2) is 5.49. The van der Waals surface area contributed by atoms with Crippen molar-refractivity contribution in [2.45, 2.75) is 38.2 Å². The van der Waals surface area contributed by atoms with Crippen LogP contribution < -0.4 is 4.74 Å². The highest BCUT2D eigenvalue weighted by Gasteiger charge is 2.38. The molecule has 1 saturated heterocycles. The van der Waals surface area contributed by atoms with Crippen LogP contribution in [0, 0.1) is 11.3 Å². The van der Waals surface area contributed by atoms with E-state index in [1.54, 1.807) is 18.7 Å². The molecule has 6 nitrogen and oxygen atoms in total. The lowest BCUT2D eigenvalue weighted by Crippen LogP contribution is -2.50. The minimum atomic E-state index is -1.10. The van der Waals surface area contributed by atoms with Gasteiger partial charge in [0.25, 0.3) is 5.91 Å². The van der Waals surface area contributed by atoms with Crippen molar-refractivity contribution in [2.75, 3.05) is 6.54 Å². The minimum absolute atomic E-state index is 0.0649. The first kappa shape index (κ1) is 14.3. The van der Waals surface area contributed by atoms with Gasteiger partial charge in [0.2, 0.25) is 0 Å². The molecule has 7 heteroatoms. The summed E-state index contributed by atoms with van der Waals surface area (Å²) in [7, 11) is 5.89. The standard InChI is InChI=1S/C13H15BN4O2/c1-13(2,11(19)18-5-3-4-10(18)14)20-12-16-7-9(6-15)8-17-12/h7-8,10H,3-5H2,1-2H3/t10-/m1/s1.